The predicted molar refractivity (Wildman–Crippen MR) is 165 cm³/mol. The van der Waals surface area contributed by atoms with E-state index in [2.05, 4.69) is 27.2 Å². The Balaban J connectivity index is 1.37. The van der Waals surface area contributed by atoms with Gasteiger partial charge in [0.05, 0.1) is 42.3 Å². The molecule has 4 aromatic rings. The lowest BCUT2D eigenvalue weighted by Crippen LogP contribution is -2.32. The Morgan fingerprint density at radius 1 is 1.27 bits per heavy atom. The second kappa shape index (κ2) is 12.8. The topological polar surface area (TPSA) is 151 Å². The molecular formula is C31H38N8O5. The SMILES string of the molecule is C=NN(/C=C(\N)c1cc(C(=O)OC)cc2c1cnn2C1CCCCO1)Cc1cn2cc(CNC(=O)OC(C)(C)C)ccc2n1. The number of nitrogens with one attached hydrogen (secondary N) is 1. The number of hydrazone groups is 1. The molecule has 3 N–H and O–H groups in total. The molecule has 232 valence electrons. The second-order valence-corrected chi connectivity index (χ2v) is 11.6. The lowest BCUT2D eigenvalue weighted by atomic mass is 10.0. The molecule has 5 rings (SSSR count). The summed E-state index contributed by atoms with van der Waals surface area (Å²) in [6.07, 6.45) is 9.31. The molecule has 1 unspecified atom stereocenters. The average Bonchev–Trinajstić information content (AvgIpc) is 3.61. The summed E-state index contributed by atoms with van der Waals surface area (Å²) in [4.78, 5) is 29.3. The highest BCUT2D eigenvalue weighted by atomic mass is 16.6. The van der Waals surface area contributed by atoms with E-state index in [-0.39, 0.29) is 12.8 Å². The van der Waals surface area contributed by atoms with Crippen LogP contribution in [0.5, 0.6) is 0 Å². The standard InChI is InChI=1S/C31H38N8O5/c1-31(2,3)44-30(41)34-14-20-9-10-27-36-22(17-37(27)16-20)18-38(33-4)19-25(32)23-12-21(29(40)42-5)13-26-24(23)15-35-39(26)28-8-6-7-11-43-28/h9-10,12-13,15-17,19,28H,4,6-8,11,14,18,32H2,1-3,5H3,(H,34,41)/b25-19-. The van der Waals surface area contributed by atoms with Gasteiger partial charge in [-0.15, -0.1) is 0 Å². The summed E-state index contributed by atoms with van der Waals surface area (Å²) in [5.74, 6) is -0.484. The molecule has 13 nitrogen and oxygen atoms in total. The number of benzene rings is 1. The zero-order chi connectivity index (χ0) is 31.4. The summed E-state index contributed by atoms with van der Waals surface area (Å²) < 4.78 is 19.9. The van der Waals surface area contributed by atoms with Crippen LogP contribution in [0.2, 0.25) is 0 Å². The molecule has 0 bridgehead atoms. The van der Waals surface area contributed by atoms with Crippen LogP contribution in [0.4, 0.5) is 4.79 Å². The summed E-state index contributed by atoms with van der Waals surface area (Å²) in [7, 11) is 1.34. The number of carbonyl (C=O) groups is 2. The maximum absolute atomic E-state index is 12.6. The molecule has 0 saturated carbocycles. The molecule has 1 amide bonds. The molecule has 1 aromatic carbocycles. The van der Waals surface area contributed by atoms with Crippen LogP contribution in [0.1, 0.15) is 73.4 Å². The van der Waals surface area contributed by atoms with Crippen molar-refractivity contribution in [2.45, 2.75) is 65.0 Å². The number of hydrogen-bond acceptors (Lipinski definition) is 10. The van der Waals surface area contributed by atoms with Gasteiger partial charge in [0, 0.05) is 49.4 Å². The van der Waals surface area contributed by atoms with Crippen LogP contribution in [0.3, 0.4) is 0 Å². The van der Waals surface area contributed by atoms with Crippen LogP contribution in [0, 0.1) is 0 Å². The summed E-state index contributed by atoms with van der Waals surface area (Å²) in [6.45, 7) is 10.4. The number of ether oxygens (including phenoxy) is 3. The van der Waals surface area contributed by atoms with E-state index in [4.69, 9.17) is 19.9 Å². The maximum Gasteiger partial charge on any atom is 0.407 e. The predicted octanol–water partition coefficient (Wildman–Crippen LogP) is 4.57. The van der Waals surface area contributed by atoms with E-state index < -0.39 is 17.7 Å². The van der Waals surface area contributed by atoms with Gasteiger partial charge in [-0.05, 0) is 63.8 Å². The molecule has 1 aliphatic rings. The van der Waals surface area contributed by atoms with Gasteiger partial charge in [-0.2, -0.15) is 10.2 Å². The molecule has 44 heavy (non-hydrogen) atoms. The molecule has 0 aliphatic carbocycles. The van der Waals surface area contributed by atoms with Crippen LogP contribution in [0.25, 0.3) is 22.2 Å². The van der Waals surface area contributed by atoms with Crippen molar-refractivity contribution in [1.29, 1.82) is 0 Å². The smallest absolute Gasteiger partial charge is 0.407 e. The summed E-state index contributed by atoms with van der Waals surface area (Å²) in [6, 6.07) is 7.20. The maximum atomic E-state index is 12.6. The van der Waals surface area contributed by atoms with E-state index in [1.165, 1.54) is 7.11 Å². The van der Waals surface area contributed by atoms with Crippen molar-refractivity contribution in [3.8, 4) is 0 Å². The number of aromatic nitrogens is 4. The van der Waals surface area contributed by atoms with Crippen molar-refractivity contribution >= 4 is 41.0 Å². The highest BCUT2D eigenvalue weighted by Crippen LogP contribution is 2.31. The summed E-state index contributed by atoms with van der Waals surface area (Å²) >= 11 is 0. The quantitative estimate of drug-likeness (QED) is 0.159. The van der Waals surface area contributed by atoms with Gasteiger partial charge in [-0.25, -0.2) is 19.3 Å². The average molecular weight is 603 g/mol. The molecule has 3 aromatic heterocycles. The van der Waals surface area contributed by atoms with Crippen LogP contribution in [-0.2, 0) is 27.3 Å². The number of pyridine rings is 1. The van der Waals surface area contributed by atoms with E-state index in [1.807, 2.05) is 49.7 Å². The van der Waals surface area contributed by atoms with E-state index in [0.29, 0.717) is 30.0 Å². The number of carbonyl (C=O) groups excluding carboxylic acids is 2. The molecule has 0 radical (unpaired) electrons. The number of alkyl carbamates (subject to hydrolysis) is 1. The molecule has 1 saturated heterocycles. The number of fused-ring (bicyclic) bond motifs is 2. The fourth-order valence-corrected chi connectivity index (χ4v) is 5.06. The number of nitrogens with zero attached hydrogens (tertiary/aromatic N) is 6. The molecule has 1 atom stereocenters. The zero-order valence-electron chi connectivity index (χ0n) is 25.4. The van der Waals surface area contributed by atoms with Gasteiger partial charge >= 0.3 is 12.1 Å². The number of hydrogen-bond donors (Lipinski definition) is 2. The first-order valence-electron chi connectivity index (χ1n) is 14.4. The Hall–Kier alpha value is -4.91. The number of esters is 1. The first-order chi connectivity index (χ1) is 21.0. The number of nitrogens with two attached hydrogens (primary N) is 1. The van der Waals surface area contributed by atoms with Gasteiger partial charge in [-0.1, -0.05) is 6.07 Å². The Bertz CT molecular complexity index is 1710. The van der Waals surface area contributed by atoms with E-state index >= 15 is 0 Å². The second-order valence-electron chi connectivity index (χ2n) is 11.6. The minimum absolute atomic E-state index is 0.220. The first-order valence-corrected chi connectivity index (χ1v) is 14.4. The Labute approximate surface area is 255 Å². The monoisotopic (exact) mass is 602 g/mol. The third kappa shape index (κ3) is 7.00. The summed E-state index contributed by atoms with van der Waals surface area (Å²) in [5.41, 5.74) is 10.4. The minimum Gasteiger partial charge on any atom is -0.465 e. The van der Waals surface area contributed by atoms with Crippen LogP contribution >= 0.6 is 0 Å². The Morgan fingerprint density at radius 2 is 2.09 bits per heavy atom. The molecule has 4 heterocycles. The first kappa shape index (κ1) is 30.5. The largest absolute Gasteiger partial charge is 0.465 e. The molecular weight excluding hydrogens is 564 g/mol. The van der Waals surface area contributed by atoms with Crippen LogP contribution < -0.4 is 11.1 Å². The molecule has 0 spiro atoms. The number of imidazole rings is 1. The van der Waals surface area contributed by atoms with Crippen LogP contribution in [-0.4, -0.2) is 62.3 Å². The number of rotatable bonds is 9. The fraction of sp³-hybridized carbons (Fsp3) is 0.387. The van der Waals surface area contributed by atoms with Crippen molar-refractivity contribution in [2.24, 2.45) is 10.8 Å². The highest BCUT2D eigenvalue weighted by Gasteiger charge is 2.22. The molecule has 13 heteroatoms. The fourth-order valence-electron chi connectivity index (χ4n) is 5.06. The van der Waals surface area contributed by atoms with E-state index in [9.17, 15) is 9.59 Å². The minimum atomic E-state index is -0.571. The molecule has 1 fully saturated rings. The van der Waals surface area contributed by atoms with Gasteiger partial charge in [0.15, 0.2) is 6.23 Å². The number of amides is 1. The van der Waals surface area contributed by atoms with Crippen LogP contribution in [0.15, 0.2) is 54.2 Å². The Morgan fingerprint density at radius 3 is 2.80 bits per heavy atom. The number of methoxy groups -OCH3 is 1. The normalized spacial score (nSPS) is 15.7. The van der Waals surface area contributed by atoms with Crippen molar-refractivity contribution in [2.75, 3.05) is 13.7 Å². The van der Waals surface area contributed by atoms with Crippen molar-refractivity contribution in [3.05, 3.63) is 71.4 Å². The van der Waals surface area contributed by atoms with Crippen molar-refractivity contribution in [1.82, 2.24) is 29.5 Å². The van der Waals surface area contributed by atoms with E-state index in [1.54, 1.807) is 34.2 Å². The highest BCUT2D eigenvalue weighted by molar-refractivity contribution is 5.99. The van der Waals surface area contributed by atoms with Gasteiger partial charge in [0.1, 0.15) is 11.2 Å². The lowest BCUT2D eigenvalue weighted by Gasteiger charge is -2.23. The lowest BCUT2D eigenvalue weighted by molar-refractivity contribution is -0.0366. The third-order valence-corrected chi connectivity index (χ3v) is 7.07. The summed E-state index contributed by atoms with van der Waals surface area (Å²) in [5, 5.41) is 13.8. The van der Waals surface area contributed by atoms with Crippen molar-refractivity contribution in [3.63, 3.8) is 0 Å². The van der Waals surface area contributed by atoms with Gasteiger partial charge in [0.25, 0.3) is 0 Å². The van der Waals surface area contributed by atoms with Gasteiger partial charge < -0.3 is 29.7 Å². The Kier molecular flexibility index (Phi) is 8.86. The van der Waals surface area contributed by atoms with E-state index in [0.717, 1.165) is 47.1 Å². The van der Waals surface area contributed by atoms with Gasteiger partial charge in [0.2, 0.25) is 0 Å². The molecule has 1 aliphatic heterocycles. The zero-order valence-corrected chi connectivity index (χ0v) is 25.4. The van der Waals surface area contributed by atoms with Crippen molar-refractivity contribution < 1.29 is 23.8 Å². The van der Waals surface area contributed by atoms with Gasteiger partial charge in [-0.3, -0.25) is 5.01 Å². The third-order valence-electron chi connectivity index (χ3n) is 7.07.